The van der Waals surface area contributed by atoms with Crippen molar-refractivity contribution in [3.05, 3.63) is 108 Å². The monoisotopic (exact) mass is 483 g/mol. The molecule has 0 aromatic heterocycles. The third-order valence-electron chi connectivity index (χ3n) is 7.66. The lowest BCUT2D eigenvalue weighted by atomic mass is 9.74. The number of amides is 2. The second-order valence-electron chi connectivity index (χ2n) is 9.92. The molecule has 0 atom stereocenters. The van der Waals surface area contributed by atoms with E-state index in [1.165, 1.54) is 46.7 Å². The molecule has 2 amide bonds. The van der Waals surface area contributed by atoms with Gasteiger partial charge in [-0.15, -0.1) is 0 Å². The van der Waals surface area contributed by atoms with Gasteiger partial charge in [-0.1, -0.05) is 36.4 Å². The second-order valence-corrected chi connectivity index (χ2v) is 9.92. The number of rotatable bonds is 3. The van der Waals surface area contributed by atoms with Crippen molar-refractivity contribution in [2.24, 2.45) is 0 Å². The summed E-state index contributed by atoms with van der Waals surface area (Å²) in [5.74, 6) is -0.642. The first-order valence-corrected chi connectivity index (χ1v) is 12.3. The minimum absolute atomic E-state index is 0.280. The average molecular weight is 484 g/mol. The van der Waals surface area contributed by atoms with Crippen LogP contribution in [0.5, 0.6) is 0 Å². The number of anilines is 2. The van der Waals surface area contributed by atoms with Crippen LogP contribution in [-0.2, 0) is 12.0 Å². The summed E-state index contributed by atoms with van der Waals surface area (Å²) >= 11 is 0. The SMILES string of the molecule is O=C(Nc1ccc(F)cc1)N1CC2(CCN(Cc3ccc4ccccc4c3)CC2)c2cc(F)ccc21. The minimum Gasteiger partial charge on any atom is -0.308 e. The van der Waals surface area contributed by atoms with Gasteiger partial charge in [0, 0.05) is 29.9 Å². The van der Waals surface area contributed by atoms with Crippen LogP contribution in [0.2, 0.25) is 0 Å². The summed E-state index contributed by atoms with van der Waals surface area (Å²) in [6.45, 7) is 3.11. The van der Waals surface area contributed by atoms with E-state index in [4.69, 9.17) is 0 Å². The summed E-state index contributed by atoms with van der Waals surface area (Å²) in [6.07, 6.45) is 1.69. The molecule has 36 heavy (non-hydrogen) atoms. The van der Waals surface area contributed by atoms with Crippen molar-refractivity contribution in [1.29, 1.82) is 0 Å². The van der Waals surface area contributed by atoms with Crippen molar-refractivity contribution < 1.29 is 13.6 Å². The van der Waals surface area contributed by atoms with Crippen LogP contribution < -0.4 is 10.2 Å². The number of fused-ring (bicyclic) bond motifs is 3. The van der Waals surface area contributed by atoms with Crippen molar-refractivity contribution in [2.75, 3.05) is 29.9 Å². The van der Waals surface area contributed by atoms with E-state index in [1.807, 2.05) is 0 Å². The Kier molecular flexibility index (Phi) is 5.69. The minimum atomic E-state index is -0.357. The number of hydrogen-bond donors (Lipinski definition) is 1. The van der Waals surface area contributed by atoms with Gasteiger partial charge in [-0.25, -0.2) is 13.6 Å². The summed E-state index contributed by atoms with van der Waals surface area (Å²) in [7, 11) is 0. The van der Waals surface area contributed by atoms with Crippen LogP contribution in [0.25, 0.3) is 10.8 Å². The lowest BCUT2D eigenvalue weighted by molar-refractivity contribution is 0.160. The third-order valence-corrected chi connectivity index (χ3v) is 7.66. The van der Waals surface area contributed by atoms with Crippen LogP contribution in [0.3, 0.4) is 0 Å². The number of benzene rings is 4. The molecular weight excluding hydrogens is 456 g/mol. The fourth-order valence-corrected chi connectivity index (χ4v) is 5.71. The van der Waals surface area contributed by atoms with E-state index in [0.29, 0.717) is 12.2 Å². The van der Waals surface area contributed by atoms with Crippen LogP contribution >= 0.6 is 0 Å². The van der Waals surface area contributed by atoms with Gasteiger partial charge in [0.15, 0.2) is 0 Å². The second kappa shape index (κ2) is 9.03. The van der Waals surface area contributed by atoms with Gasteiger partial charge in [-0.3, -0.25) is 9.80 Å². The molecule has 2 aliphatic heterocycles. The molecule has 6 heteroatoms. The highest BCUT2D eigenvalue weighted by Gasteiger charge is 2.46. The molecule has 1 fully saturated rings. The standard InChI is InChI=1S/C30H27F2N3O/c31-24-7-10-26(11-8-24)33-29(36)35-20-30(27-18-25(32)9-12-28(27)35)13-15-34(16-14-30)19-21-5-6-22-3-1-2-4-23(22)17-21/h1-12,17-18H,13-16,19-20H2,(H,33,36). The lowest BCUT2D eigenvalue weighted by Crippen LogP contribution is -2.46. The third kappa shape index (κ3) is 4.22. The maximum atomic E-state index is 14.3. The van der Waals surface area contributed by atoms with E-state index in [1.54, 1.807) is 17.0 Å². The van der Waals surface area contributed by atoms with E-state index in [0.717, 1.165) is 43.7 Å². The topological polar surface area (TPSA) is 35.6 Å². The number of likely N-dealkylation sites (tertiary alicyclic amines) is 1. The summed E-state index contributed by atoms with van der Waals surface area (Å²) in [5, 5.41) is 5.34. The number of urea groups is 1. The highest BCUT2D eigenvalue weighted by atomic mass is 19.1. The molecule has 182 valence electrons. The molecule has 1 N–H and O–H groups in total. The van der Waals surface area contributed by atoms with Gasteiger partial charge in [-0.05, 0) is 96.4 Å². The molecule has 0 saturated carbocycles. The zero-order chi connectivity index (χ0) is 24.7. The van der Waals surface area contributed by atoms with Gasteiger partial charge in [0.25, 0.3) is 0 Å². The number of piperidine rings is 1. The van der Waals surface area contributed by atoms with Crippen molar-refractivity contribution >= 4 is 28.2 Å². The Morgan fingerprint density at radius 3 is 2.33 bits per heavy atom. The fraction of sp³-hybridized carbons (Fsp3) is 0.233. The lowest BCUT2D eigenvalue weighted by Gasteiger charge is -2.40. The molecule has 0 bridgehead atoms. The van der Waals surface area contributed by atoms with Crippen LogP contribution in [-0.4, -0.2) is 30.6 Å². The van der Waals surface area contributed by atoms with E-state index in [2.05, 4.69) is 52.7 Å². The predicted octanol–water partition coefficient (Wildman–Crippen LogP) is 6.70. The number of halogens is 2. The van der Waals surface area contributed by atoms with E-state index >= 15 is 0 Å². The maximum Gasteiger partial charge on any atom is 0.326 e. The molecule has 2 aliphatic rings. The van der Waals surface area contributed by atoms with Gasteiger partial charge in [0.1, 0.15) is 11.6 Å². The smallest absolute Gasteiger partial charge is 0.308 e. The first-order valence-electron chi connectivity index (χ1n) is 12.3. The summed E-state index contributed by atoms with van der Waals surface area (Å²) < 4.78 is 27.6. The van der Waals surface area contributed by atoms with Crippen molar-refractivity contribution in [3.8, 4) is 0 Å². The van der Waals surface area contributed by atoms with E-state index in [-0.39, 0.29) is 23.1 Å². The zero-order valence-electron chi connectivity index (χ0n) is 19.9. The molecule has 0 unspecified atom stereocenters. The summed E-state index contributed by atoms with van der Waals surface area (Å²) in [6, 6.07) is 25.1. The molecule has 0 radical (unpaired) electrons. The molecule has 6 rings (SSSR count). The van der Waals surface area contributed by atoms with Crippen molar-refractivity contribution in [3.63, 3.8) is 0 Å². The van der Waals surface area contributed by atoms with Crippen LogP contribution in [0.1, 0.15) is 24.0 Å². The highest BCUT2D eigenvalue weighted by Crippen LogP contribution is 2.47. The zero-order valence-corrected chi connectivity index (χ0v) is 19.9. The average Bonchev–Trinajstić information content (AvgIpc) is 3.20. The Labute approximate surface area is 209 Å². The Hall–Kier alpha value is -3.77. The molecule has 4 aromatic carbocycles. The van der Waals surface area contributed by atoms with E-state index in [9.17, 15) is 13.6 Å². The Morgan fingerprint density at radius 1 is 0.833 bits per heavy atom. The number of nitrogens with zero attached hydrogens (tertiary/aromatic N) is 2. The van der Waals surface area contributed by atoms with Crippen molar-refractivity contribution in [2.45, 2.75) is 24.8 Å². The van der Waals surface area contributed by atoms with Crippen molar-refractivity contribution in [1.82, 2.24) is 4.90 Å². The number of nitrogens with one attached hydrogen (secondary N) is 1. The van der Waals surface area contributed by atoms with Gasteiger partial charge in [0.2, 0.25) is 0 Å². The quantitative estimate of drug-likeness (QED) is 0.352. The number of hydrogen-bond acceptors (Lipinski definition) is 2. The first kappa shape index (κ1) is 22.7. The number of carbonyl (C=O) groups is 1. The molecular formula is C30H27F2N3O. The summed E-state index contributed by atoms with van der Waals surface area (Å²) in [5.41, 5.74) is 3.18. The molecule has 2 heterocycles. The first-order chi connectivity index (χ1) is 17.5. The number of carbonyl (C=O) groups excluding carboxylic acids is 1. The highest BCUT2D eigenvalue weighted by molar-refractivity contribution is 6.03. The Balaban J connectivity index is 1.19. The normalized spacial score (nSPS) is 16.9. The molecule has 4 nitrogen and oxygen atoms in total. The largest absolute Gasteiger partial charge is 0.326 e. The predicted molar refractivity (Wildman–Crippen MR) is 139 cm³/mol. The van der Waals surface area contributed by atoms with Gasteiger partial charge >= 0.3 is 6.03 Å². The fourth-order valence-electron chi connectivity index (χ4n) is 5.71. The molecule has 1 spiro atoms. The van der Waals surface area contributed by atoms with Crippen LogP contribution in [0.4, 0.5) is 25.0 Å². The molecule has 0 aliphatic carbocycles. The van der Waals surface area contributed by atoms with E-state index < -0.39 is 0 Å². The van der Waals surface area contributed by atoms with Gasteiger partial charge < -0.3 is 5.32 Å². The maximum absolute atomic E-state index is 14.3. The molecule has 4 aromatic rings. The molecule has 1 saturated heterocycles. The van der Waals surface area contributed by atoms with Gasteiger partial charge in [-0.2, -0.15) is 0 Å². The summed E-state index contributed by atoms with van der Waals surface area (Å²) in [4.78, 5) is 17.3. The van der Waals surface area contributed by atoms with Crippen LogP contribution in [0, 0.1) is 11.6 Å². The Bertz CT molecular complexity index is 1430. The van der Waals surface area contributed by atoms with Gasteiger partial charge in [0.05, 0.1) is 0 Å². The Morgan fingerprint density at radius 2 is 1.56 bits per heavy atom. The van der Waals surface area contributed by atoms with Crippen LogP contribution in [0.15, 0.2) is 84.9 Å².